The molecule has 1 aliphatic heterocycles. The minimum absolute atomic E-state index is 0.0517. The van der Waals surface area contributed by atoms with E-state index in [4.69, 9.17) is 9.84 Å². The van der Waals surface area contributed by atoms with Gasteiger partial charge in [-0.1, -0.05) is 0 Å². The fourth-order valence-corrected chi connectivity index (χ4v) is 3.93. The highest BCUT2D eigenvalue weighted by Crippen LogP contribution is 2.34. The molecule has 26 heavy (non-hydrogen) atoms. The molecule has 0 aliphatic carbocycles. The molecule has 0 bridgehead atoms. The van der Waals surface area contributed by atoms with E-state index >= 15 is 0 Å². The molecule has 2 aromatic rings. The third-order valence-corrected chi connectivity index (χ3v) is 5.30. The zero-order chi connectivity index (χ0) is 18.7. The average molecular weight is 382 g/mol. The lowest BCUT2D eigenvalue weighted by atomic mass is 9.93. The summed E-state index contributed by atoms with van der Waals surface area (Å²) in [7, 11) is 0. The standard InChI is InChI=1S/C18H20F2N2O3S/c1-2-25-15-10-26-18(21-15)12-8-13(19)17(14(20)9-12)22-5-3-11(4-6-22)7-16(23)24/h8-11H,2-7H2,1H3,(H,23,24). The number of hydrogen-bond donors (Lipinski definition) is 1. The van der Waals surface area contributed by atoms with E-state index in [2.05, 4.69) is 4.98 Å². The molecule has 0 saturated carbocycles. The largest absolute Gasteiger partial charge is 0.481 e. The van der Waals surface area contributed by atoms with Crippen molar-refractivity contribution in [3.63, 3.8) is 0 Å². The number of carbonyl (C=O) groups is 1. The van der Waals surface area contributed by atoms with Crippen molar-refractivity contribution >= 4 is 23.0 Å². The highest BCUT2D eigenvalue weighted by molar-refractivity contribution is 7.13. The predicted molar refractivity (Wildman–Crippen MR) is 95.8 cm³/mol. The maximum absolute atomic E-state index is 14.6. The lowest BCUT2D eigenvalue weighted by Crippen LogP contribution is -2.35. The molecule has 1 aromatic heterocycles. The summed E-state index contributed by atoms with van der Waals surface area (Å²) in [5.74, 6) is -1.60. The van der Waals surface area contributed by atoms with Crippen LogP contribution >= 0.6 is 11.3 Å². The highest BCUT2D eigenvalue weighted by atomic mass is 32.1. The van der Waals surface area contributed by atoms with E-state index in [9.17, 15) is 13.6 Å². The summed E-state index contributed by atoms with van der Waals surface area (Å²) in [6.45, 7) is 3.20. The number of rotatable bonds is 6. The normalized spacial score (nSPS) is 15.3. The maximum atomic E-state index is 14.6. The van der Waals surface area contributed by atoms with Crippen LogP contribution in [0.5, 0.6) is 5.88 Å². The van der Waals surface area contributed by atoms with Crippen LogP contribution in [0.25, 0.3) is 10.6 Å². The number of hydrogen-bond acceptors (Lipinski definition) is 5. The first-order valence-electron chi connectivity index (χ1n) is 8.52. The number of benzene rings is 1. The quantitative estimate of drug-likeness (QED) is 0.812. The van der Waals surface area contributed by atoms with E-state index in [1.165, 1.54) is 23.5 Å². The van der Waals surface area contributed by atoms with Gasteiger partial charge in [-0.05, 0) is 37.8 Å². The van der Waals surface area contributed by atoms with Crippen molar-refractivity contribution in [1.29, 1.82) is 0 Å². The molecule has 8 heteroatoms. The van der Waals surface area contributed by atoms with Crippen LogP contribution in [0.4, 0.5) is 14.5 Å². The summed E-state index contributed by atoms with van der Waals surface area (Å²) < 4.78 is 34.5. The van der Waals surface area contributed by atoms with Crippen LogP contribution in [0.3, 0.4) is 0 Å². The number of aliphatic carboxylic acids is 1. The molecule has 140 valence electrons. The minimum Gasteiger partial charge on any atom is -0.481 e. The Hall–Kier alpha value is -2.22. The second kappa shape index (κ2) is 7.99. The third-order valence-electron chi connectivity index (χ3n) is 4.43. The Morgan fingerprint density at radius 3 is 2.58 bits per heavy atom. The van der Waals surface area contributed by atoms with Crippen molar-refractivity contribution in [3.05, 3.63) is 29.1 Å². The zero-order valence-corrected chi connectivity index (χ0v) is 15.2. The molecule has 1 saturated heterocycles. The van der Waals surface area contributed by atoms with Gasteiger partial charge in [0.05, 0.1) is 12.0 Å². The molecule has 1 aromatic carbocycles. The first-order valence-corrected chi connectivity index (χ1v) is 9.40. The lowest BCUT2D eigenvalue weighted by Gasteiger charge is -2.33. The Kier molecular flexibility index (Phi) is 5.70. The smallest absolute Gasteiger partial charge is 0.303 e. The van der Waals surface area contributed by atoms with Gasteiger partial charge in [0.2, 0.25) is 5.88 Å². The Balaban J connectivity index is 1.76. The van der Waals surface area contributed by atoms with Gasteiger partial charge in [0.1, 0.15) is 22.3 Å². The molecule has 1 aliphatic rings. The first kappa shape index (κ1) is 18.6. The predicted octanol–water partition coefficient (Wildman–Crippen LogP) is 4.18. The second-order valence-corrected chi connectivity index (χ2v) is 7.10. The number of carboxylic acid groups (broad SMARTS) is 1. The molecular formula is C18H20F2N2O3S. The fraction of sp³-hybridized carbons (Fsp3) is 0.444. The van der Waals surface area contributed by atoms with Crippen molar-refractivity contribution < 1.29 is 23.4 Å². The van der Waals surface area contributed by atoms with E-state index in [0.717, 1.165) is 0 Å². The van der Waals surface area contributed by atoms with Gasteiger partial charge in [0, 0.05) is 25.1 Å². The second-order valence-electron chi connectivity index (χ2n) is 6.24. The number of piperidine rings is 1. The average Bonchev–Trinajstić information content (AvgIpc) is 3.04. The maximum Gasteiger partial charge on any atom is 0.303 e. The molecule has 0 spiro atoms. The molecule has 1 fully saturated rings. The number of halogens is 2. The number of thiazole rings is 1. The molecule has 0 atom stereocenters. The van der Waals surface area contributed by atoms with Crippen LogP contribution in [0.15, 0.2) is 17.5 Å². The van der Waals surface area contributed by atoms with E-state index in [1.54, 1.807) is 10.3 Å². The van der Waals surface area contributed by atoms with Crippen LogP contribution in [0.2, 0.25) is 0 Å². The Morgan fingerprint density at radius 2 is 2.00 bits per heavy atom. The molecule has 5 nitrogen and oxygen atoms in total. The minimum atomic E-state index is -0.833. The fourth-order valence-electron chi connectivity index (χ4n) is 3.20. The van der Waals surface area contributed by atoms with Gasteiger partial charge < -0.3 is 14.7 Å². The molecule has 2 heterocycles. The molecule has 1 N–H and O–H groups in total. The van der Waals surface area contributed by atoms with Gasteiger partial charge in [0.25, 0.3) is 0 Å². The Morgan fingerprint density at radius 1 is 1.35 bits per heavy atom. The van der Waals surface area contributed by atoms with Crippen LogP contribution in [-0.2, 0) is 4.79 Å². The Labute approximate surface area is 154 Å². The van der Waals surface area contributed by atoms with Gasteiger partial charge >= 0.3 is 5.97 Å². The van der Waals surface area contributed by atoms with Crippen molar-refractivity contribution in [2.45, 2.75) is 26.2 Å². The number of nitrogens with zero attached hydrogens (tertiary/aromatic N) is 2. The van der Waals surface area contributed by atoms with E-state index < -0.39 is 17.6 Å². The third kappa shape index (κ3) is 4.12. The summed E-state index contributed by atoms with van der Waals surface area (Å²) >= 11 is 1.27. The number of aromatic nitrogens is 1. The summed E-state index contributed by atoms with van der Waals surface area (Å²) in [5, 5.41) is 11.1. The molecule has 3 rings (SSSR count). The van der Waals surface area contributed by atoms with Gasteiger partial charge in [0.15, 0.2) is 0 Å². The molecule has 0 radical (unpaired) electrons. The summed E-state index contributed by atoms with van der Waals surface area (Å²) in [4.78, 5) is 16.7. The number of ether oxygens (including phenoxy) is 1. The first-order chi connectivity index (χ1) is 12.5. The van der Waals surface area contributed by atoms with Crippen LogP contribution in [-0.4, -0.2) is 35.8 Å². The monoisotopic (exact) mass is 382 g/mol. The molecule has 0 unspecified atom stereocenters. The van der Waals surface area contributed by atoms with E-state index in [0.29, 0.717) is 49.0 Å². The van der Waals surface area contributed by atoms with Crippen LogP contribution in [0, 0.1) is 17.6 Å². The van der Waals surface area contributed by atoms with Crippen LogP contribution < -0.4 is 9.64 Å². The van der Waals surface area contributed by atoms with Gasteiger partial charge in [-0.15, -0.1) is 11.3 Å². The van der Waals surface area contributed by atoms with Crippen molar-refractivity contribution in [1.82, 2.24) is 4.98 Å². The topological polar surface area (TPSA) is 62.7 Å². The molecular weight excluding hydrogens is 362 g/mol. The van der Waals surface area contributed by atoms with Crippen molar-refractivity contribution in [2.24, 2.45) is 5.92 Å². The Bertz CT molecular complexity index is 765. The van der Waals surface area contributed by atoms with Crippen molar-refractivity contribution in [2.75, 3.05) is 24.6 Å². The molecule has 0 amide bonds. The number of anilines is 1. The van der Waals surface area contributed by atoms with E-state index in [-0.39, 0.29) is 18.0 Å². The zero-order valence-electron chi connectivity index (χ0n) is 14.4. The summed E-state index contributed by atoms with van der Waals surface area (Å²) in [6.07, 6.45) is 1.32. The van der Waals surface area contributed by atoms with Gasteiger partial charge in [-0.2, -0.15) is 0 Å². The van der Waals surface area contributed by atoms with Crippen molar-refractivity contribution in [3.8, 4) is 16.5 Å². The number of carboxylic acids is 1. The summed E-state index contributed by atoms with van der Waals surface area (Å²) in [5.41, 5.74) is 0.324. The SMILES string of the molecule is CCOc1csc(-c2cc(F)c(N3CCC(CC(=O)O)CC3)c(F)c2)n1. The highest BCUT2D eigenvalue weighted by Gasteiger charge is 2.26. The van der Waals surface area contributed by atoms with Crippen LogP contribution in [0.1, 0.15) is 26.2 Å². The van der Waals surface area contributed by atoms with Gasteiger partial charge in [-0.3, -0.25) is 4.79 Å². The van der Waals surface area contributed by atoms with Gasteiger partial charge in [-0.25, -0.2) is 13.8 Å². The van der Waals surface area contributed by atoms with E-state index in [1.807, 2.05) is 6.92 Å². The summed E-state index contributed by atoms with van der Waals surface area (Å²) in [6, 6.07) is 2.58. The lowest BCUT2D eigenvalue weighted by molar-refractivity contribution is -0.138.